The summed E-state index contributed by atoms with van der Waals surface area (Å²) in [5, 5.41) is 6.89. The van der Waals surface area contributed by atoms with E-state index >= 15 is 0 Å². The van der Waals surface area contributed by atoms with E-state index in [0.29, 0.717) is 37.2 Å². The average Bonchev–Trinajstić information content (AvgIpc) is 3.28. The first kappa shape index (κ1) is 20.3. The molecule has 0 unspecified atom stereocenters. The summed E-state index contributed by atoms with van der Waals surface area (Å²) in [7, 11) is 0. The van der Waals surface area contributed by atoms with Crippen molar-refractivity contribution in [3.8, 4) is 28.6 Å². The normalized spacial score (nSPS) is 13.6. The number of benzene rings is 2. The van der Waals surface area contributed by atoms with E-state index in [-0.39, 0.29) is 12.5 Å². The zero-order chi connectivity index (χ0) is 20.8. The Hall–Kier alpha value is -2.97. The van der Waals surface area contributed by atoms with Gasteiger partial charge in [0.15, 0.2) is 6.61 Å². The summed E-state index contributed by atoms with van der Waals surface area (Å²) in [6, 6.07) is 14.9. The van der Waals surface area contributed by atoms with Gasteiger partial charge < -0.3 is 19.3 Å². The molecule has 2 heterocycles. The van der Waals surface area contributed by atoms with Gasteiger partial charge in [-0.05, 0) is 55.0 Å². The lowest BCUT2D eigenvalue weighted by Gasteiger charge is -2.14. The SMILES string of the molecule is O=C(COc1ccc(-c2nc(-c3ccc(Br)cc3)no2)cc1)NCC1=CCOCC1. The van der Waals surface area contributed by atoms with Crippen molar-refractivity contribution in [1.82, 2.24) is 15.5 Å². The van der Waals surface area contributed by atoms with Gasteiger partial charge in [0, 0.05) is 22.1 Å². The van der Waals surface area contributed by atoms with Gasteiger partial charge in [-0.3, -0.25) is 4.79 Å². The Labute approximate surface area is 182 Å². The number of amides is 1. The summed E-state index contributed by atoms with van der Waals surface area (Å²) in [5.74, 6) is 1.37. The van der Waals surface area contributed by atoms with Gasteiger partial charge in [0.1, 0.15) is 5.75 Å². The molecule has 0 aliphatic carbocycles. The summed E-state index contributed by atoms with van der Waals surface area (Å²) in [6.07, 6.45) is 2.85. The molecule has 0 atom stereocenters. The minimum Gasteiger partial charge on any atom is -0.484 e. The maximum atomic E-state index is 12.0. The van der Waals surface area contributed by atoms with Gasteiger partial charge in [-0.2, -0.15) is 4.98 Å². The number of nitrogens with zero attached hydrogens (tertiary/aromatic N) is 2. The minimum atomic E-state index is -0.164. The second kappa shape index (κ2) is 9.69. The first-order valence-electron chi connectivity index (χ1n) is 9.52. The monoisotopic (exact) mass is 469 g/mol. The third-order valence-electron chi connectivity index (χ3n) is 4.57. The molecule has 8 heteroatoms. The van der Waals surface area contributed by atoms with Crippen molar-refractivity contribution in [3.63, 3.8) is 0 Å². The molecule has 1 N–H and O–H groups in total. The van der Waals surface area contributed by atoms with Crippen LogP contribution >= 0.6 is 15.9 Å². The smallest absolute Gasteiger partial charge is 0.258 e. The second-order valence-corrected chi connectivity index (χ2v) is 7.62. The zero-order valence-electron chi connectivity index (χ0n) is 16.1. The van der Waals surface area contributed by atoms with Crippen molar-refractivity contribution in [2.24, 2.45) is 0 Å². The van der Waals surface area contributed by atoms with Gasteiger partial charge in [0.2, 0.25) is 5.82 Å². The number of nitrogens with one attached hydrogen (secondary N) is 1. The van der Waals surface area contributed by atoms with E-state index in [0.717, 1.165) is 22.0 Å². The average molecular weight is 470 g/mol. The third kappa shape index (κ3) is 5.34. The number of carbonyl (C=O) groups is 1. The first-order valence-corrected chi connectivity index (χ1v) is 10.3. The van der Waals surface area contributed by atoms with E-state index in [1.54, 1.807) is 12.1 Å². The van der Waals surface area contributed by atoms with Crippen LogP contribution in [0.25, 0.3) is 22.8 Å². The number of hydrogen-bond donors (Lipinski definition) is 1. The Morgan fingerprint density at radius 2 is 1.87 bits per heavy atom. The van der Waals surface area contributed by atoms with Crippen LogP contribution in [-0.4, -0.2) is 42.4 Å². The fourth-order valence-electron chi connectivity index (χ4n) is 2.89. The lowest BCUT2D eigenvalue weighted by atomic mass is 10.1. The molecular weight excluding hydrogens is 450 g/mol. The van der Waals surface area contributed by atoms with Gasteiger partial charge in [-0.1, -0.05) is 32.7 Å². The van der Waals surface area contributed by atoms with Gasteiger partial charge in [0.25, 0.3) is 11.8 Å². The standard InChI is InChI=1S/C22H20BrN3O4/c23-18-5-1-16(2-6-18)21-25-22(30-26-21)17-3-7-19(8-4-17)29-14-20(27)24-13-15-9-11-28-12-10-15/h1-9H,10-14H2,(H,24,27). The van der Waals surface area contributed by atoms with Crippen LogP contribution in [-0.2, 0) is 9.53 Å². The molecule has 0 saturated carbocycles. The predicted molar refractivity (Wildman–Crippen MR) is 115 cm³/mol. The highest BCUT2D eigenvalue weighted by atomic mass is 79.9. The first-order chi connectivity index (χ1) is 14.7. The van der Waals surface area contributed by atoms with Gasteiger partial charge >= 0.3 is 0 Å². The predicted octanol–water partition coefficient (Wildman–Crippen LogP) is 4.01. The zero-order valence-corrected chi connectivity index (χ0v) is 17.7. The molecule has 30 heavy (non-hydrogen) atoms. The Bertz CT molecular complexity index is 1030. The van der Waals surface area contributed by atoms with Gasteiger partial charge in [-0.15, -0.1) is 0 Å². The highest BCUT2D eigenvalue weighted by Gasteiger charge is 2.11. The number of ether oxygens (including phenoxy) is 2. The molecule has 4 rings (SSSR count). The van der Waals surface area contributed by atoms with E-state index in [2.05, 4.69) is 31.4 Å². The van der Waals surface area contributed by atoms with E-state index < -0.39 is 0 Å². The van der Waals surface area contributed by atoms with E-state index in [9.17, 15) is 4.79 Å². The van der Waals surface area contributed by atoms with Crippen LogP contribution in [0.15, 0.2) is 69.2 Å². The molecule has 1 amide bonds. The summed E-state index contributed by atoms with van der Waals surface area (Å²) < 4.78 is 17.2. The van der Waals surface area contributed by atoms with Crippen LogP contribution in [0.5, 0.6) is 5.75 Å². The van der Waals surface area contributed by atoms with Crippen LogP contribution < -0.4 is 10.1 Å². The summed E-state index contributed by atoms with van der Waals surface area (Å²) >= 11 is 3.41. The molecule has 0 spiro atoms. The Balaban J connectivity index is 1.30. The van der Waals surface area contributed by atoms with Crippen molar-refractivity contribution in [2.45, 2.75) is 6.42 Å². The van der Waals surface area contributed by atoms with Crippen molar-refractivity contribution in [2.75, 3.05) is 26.4 Å². The second-order valence-electron chi connectivity index (χ2n) is 6.71. The summed E-state index contributed by atoms with van der Waals surface area (Å²) in [5.41, 5.74) is 2.82. The van der Waals surface area contributed by atoms with Crippen molar-refractivity contribution in [1.29, 1.82) is 0 Å². The highest BCUT2D eigenvalue weighted by Crippen LogP contribution is 2.25. The van der Waals surface area contributed by atoms with E-state index in [1.807, 2.05) is 42.5 Å². The van der Waals surface area contributed by atoms with Crippen LogP contribution in [0, 0.1) is 0 Å². The van der Waals surface area contributed by atoms with Gasteiger partial charge in [0.05, 0.1) is 13.2 Å². The largest absolute Gasteiger partial charge is 0.484 e. The van der Waals surface area contributed by atoms with Gasteiger partial charge in [-0.25, -0.2) is 0 Å². The Morgan fingerprint density at radius 3 is 2.60 bits per heavy atom. The topological polar surface area (TPSA) is 86.5 Å². The molecular formula is C22H20BrN3O4. The van der Waals surface area contributed by atoms with Crippen molar-refractivity contribution in [3.05, 3.63) is 64.7 Å². The molecule has 1 aromatic heterocycles. The van der Waals surface area contributed by atoms with Crippen LogP contribution in [0.4, 0.5) is 0 Å². The van der Waals surface area contributed by atoms with Crippen molar-refractivity contribution < 1.29 is 18.8 Å². The van der Waals surface area contributed by atoms with E-state index in [1.165, 1.54) is 5.57 Å². The molecule has 7 nitrogen and oxygen atoms in total. The molecule has 0 radical (unpaired) electrons. The highest BCUT2D eigenvalue weighted by molar-refractivity contribution is 9.10. The number of hydrogen-bond acceptors (Lipinski definition) is 6. The lowest BCUT2D eigenvalue weighted by Crippen LogP contribution is -2.31. The molecule has 0 saturated heterocycles. The molecule has 1 aliphatic heterocycles. The molecule has 0 fully saturated rings. The fraction of sp³-hybridized carbons (Fsp3) is 0.227. The lowest BCUT2D eigenvalue weighted by molar-refractivity contribution is -0.122. The molecule has 0 bridgehead atoms. The molecule has 2 aromatic carbocycles. The minimum absolute atomic E-state index is 0.0442. The number of carbonyl (C=O) groups excluding carboxylic acids is 1. The quantitative estimate of drug-likeness (QED) is 0.526. The number of halogens is 1. The summed E-state index contributed by atoms with van der Waals surface area (Å²) in [4.78, 5) is 16.4. The summed E-state index contributed by atoms with van der Waals surface area (Å²) in [6.45, 7) is 1.80. The van der Waals surface area contributed by atoms with Crippen molar-refractivity contribution >= 4 is 21.8 Å². The van der Waals surface area contributed by atoms with Crippen LogP contribution in [0.3, 0.4) is 0 Å². The maximum absolute atomic E-state index is 12.0. The third-order valence-corrected chi connectivity index (χ3v) is 5.10. The maximum Gasteiger partial charge on any atom is 0.258 e. The fourth-order valence-corrected chi connectivity index (χ4v) is 3.15. The van der Waals surface area contributed by atoms with Crippen LogP contribution in [0.2, 0.25) is 0 Å². The van der Waals surface area contributed by atoms with E-state index in [4.69, 9.17) is 14.0 Å². The molecule has 3 aromatic rings. The number of rotatable bonds is 7. The molecule has 1 aliphatic rings. The Morgan fingerprint density at radius 1 is 1.10 bits per heavy atom. The number of aromatic nitrogens is 2. The van der Waals surface area contributed by atoms with Crippen LogP contribution in [0.1, 0.15) is 6.42 Å². The Kier molecular flexibility index (Phi) is 6.56. The molecule has 154 valence electrons.